The number of aromatic nitrogens is 1. The number of carbonyl (C=O) groups is 5. The fourth-order valence-electron chi connectivity index (χ4n) is 4.35. The van der Waals surface area contributed by atoms with E-state index in [1.165, 1.54) is 0 Å². The van der Waals surface area contributed by atoms with E-state index >= 15 is 0 Å². The van der Waals surface area contributed by atoms with Gasteiger partial charge in [0.1, 0.15) is 30.3 Å². The van der Waals surface area contributed by atoms with E-state index < -0.39 is 65.9 Å². The van der Waals surface area contributed by atoms with Gasteiger partial charge in [0, 0.05) is 17.5 Å². The number of nitrogens with one attached hydrogen (secondary N) is 3. The summed E-state index contributed by atoms with van der Waals surface area (Å²) in [5, 5.41) is 18.0. The molecule has 1 heterocycles. The predicted octanol–water partition coefficient (Wildman–Crippen LogP) is 3.51. The molecule has 0 aliphatic heterocycles. The smallest absolute Gasteiger partial charge is 0.408 e. The van der Waals surface area contributed by atoms with Crippen LogP contribution >= 0.6 is 0 Å². The molecule has 0 saturated carbocycles. The Hall–Kier alpha value is -5.00. The number of para-hydroxylation sites is 1. The number of amides is 3. The minimum Gasteiger partial charge on any atom is -0.480 e. The van der Waals surface area contributed by atoms with Crippen LogP contribution in [0.3, 0.4) is 0 Å². The average Bonchev–Trinajstić information content (AvgIpc) is 2.97. The first-order valence-corrected chi connectivity index (χ1v) is 14.6. The maximum atomic E-state index is 13.6. The third-order valence-corrected chi connectivity index (χ3v) is 6.54. The third-order valence-electron chi connectivity index (χ3n) is 6.54. The summed E-state index contributed by atoms with van der Waals surface area (Å²) in [7, 11) is 0. The van der Waals surface area contributed by atoms with Gasteiger partial charge in [-0.25, -0.2) is 9.59 Å². The lowest BCUT2D eigenvalue weighted by Crippen LogP contribution is -2.57. The van der Waals surface area contributed by atoms with E-state index in [1.54, 1.807) is 71.0 Å². The normalized spacial score (nSPS) is 13.3. The molecule has 0 saturated heterocycles. The summed E-state index contributed by atoms with van der Waals surface area (Å²) >= 11 is 0. The highest BCUT2D eigenvalue weighted by molar-refractivity contribution is 5.94. The summed E-state index contributed by atoms with van der Waals surface area (Å²) in [6, 6.07) is 15.7. The van der Waals surface area contributed by atoms with E-state index in [9.17, 15) is 29.1 Å². The zero-order valence-electron chi connectivity index (χ0n) is 26.0. The Kier molecular flexibility index (Phi) is 12.0. The van der Waals surface area contributed by atoms with Crippen molar-refractivity contribution < 1.29 is 38.6 Å². The van der Waals surface area contributed by atoms with Crippen molar-refractivity contribution in [1.82, 2.24) is 20.9 Å². The van der Waals surface area contributed by atoms with Crippen LogP contribution in [-0.2, 0) is 41.7 Å². The molecule has 3 aromatic rings. The second-order valence-corrected chi connectivity index (χ2v) is 11.9. The number of hydrogen-bond acceptors (Lipinski definition) is 8. The Morgan fingerprint density at radius 2 is 1.47 bits per heavy atom. The first-order valence-electron chi connectivity index (χ1n) is 14.6. The van der Waals surface area contributed by atoms with E-state index in [2.05, 4.69) is 20.9 Å². The van der Waals surface area contributed by atoms with Crippen molar-refractivity contribution >= 4 is 40.7 Å². The topological polar surface area (TPSA) is 173 Å². The van der Waals surface area contributed by atoms with Crippen molar-refractivity contribution in [2.45, 2.75) is 77.8 Å². The molecule has 1 aromatic heterocycles. The van der Waals surface area contributed by atoms with E-state index in [1.807, 2.05) is 30.3 Å². The van der Waals surface area contributed by atoms with Crippen LogP contribution in [0.1, 0.15) is 52.3 Å². The van der Waals surface area contributed by atoms with Crippen LogP contribution in [0.25, 0.3) is 10.9 Å². The van der Waals surface area contributed by atoms with Crippen LogP contribution in [0.5, 0.6) is 0 Å². The van der Waals surface area contributed by atoms with Gasteiger partial charge < -0.3 is 30.5 Å². The van der Waals surface area contributed by atoms with Gasteiger partial charge in [0.25, 0.3) is 0 Å². The summed E-state index contributed by atoms with van der Waals surface area (Å²) in [6.07, 6.45) is -1.63. The molecule has 4 N–H and O–H groups in total. The lowest BCUT2D eigenvalue weighted by Gasteiger charge is -2.26. The SMILES string of the molecule is CC(C)[C@@H](NC(=O)[C@H](Cc1ccc2ccccc2n1)NC(=O)[C@H](CC(=O)OC(C)(C)C)NC(=O)OCc1ccccc1)C(=O)O. The lowest BCUT2D eigenvalue weighted by molar-refractivity contribution is -0.156. The minimum absolute atomic E-state index is 0.0854. The molecule has 0 radical (unpaired) electrons. The lowest BCUT2D eigenvalue weighted by atomic mass is 10.0. The first kappa shape index (κ1) is 34.5. The van der Waals surface area contributed by atoms with Gasteiger partial charge in [-0.1, -0.05) is 68.4 Å². The molecular weight excluding hydrogens is 580 g/mol. The first-order chi connectivity index (χ1) is 21.2. The number of rotatable bonds is 13. The van der Waals surface area contributed by atoms with Crippen LogP contribution in [0.2, 0.25) is 0 Å². The monoisotopic (exact) mass is 620 g/mol. The number of aliphatic carboxylic acids is 1. The van der Waals surface area contributed by atoms with Crippen molar-refractivity contribution in [2.75, 3.05) is 0 Å². The number of carboxylic acid groups (broad SMARTS) is 1. The summed E-state index contributed by atoms with van der Waals surface area (Å²) in [5.41, 5.74) is 0.957. The van der Waals surface area contributed by atoms with Crippen LogP contribution in [0, 0.1) is 5.92 Å². The van der Waals surface area contributed by atoms with E-state index in [0.717, 1.165) is 5.39 Å². The summed E-state index contributed by atoms with van der Waals surface area (Å²) in [6.45, 7) is 8.17. The van der Waals surface area contributed by atoms with Gasteiger partial charge in [0.2, 0.25) is 11.8 Å². The van der Waals surface area contributed by atoms with Crippen LogP contribution in [-0.4, -0.2) is 63.7 Å². The quantitative estimate of drug-likeness (QED) is 0.209. The van der Waals surface area contributed by atoms with Crippen molar-refractivity contribution in [1.29, 1.82) is 0 Å². The molecule has 45 heavy (non-hydrogen) atoms. The second kappa shape index (κ2) is 15.6. The molecule has 240 valence electrons. The van der Waals surface area contributed by atoms with Gasteiger partial charge in [0.15, 0.2) is 0 Å². The Bertz CT molecular complexity index is 1500. The summed E-state index contributed by atoms with van der Waals surface area (Å²) in [4.78, 5) is 68.9. The van der Waals surface area contributed by atoms with Crippen molar-refractivity contribution in [2.24, 2.45) is 5.92 Å². The molecule has 3 atom stereocenters. The molecule has 12 heteroatoms. The average molecular weight is 621 g/mol. The van der Waals surface area contributed by atoms with E-state index in [4.69, 9.17) is 9.47 Å². The molecule has 12 nitrogen and oxygen atoms in total. The third kappa shape index (κ3) is 11.2. The molecule has 0 spiro atoms. The number of esters is 1. The highest BCUT2D eigenvalue weighted by Crippen LogP contribution is 2.14. The highest BCUT2D eigenvalue weighted by Gasteiger charge is 2.33. The fourth-order valence-corrected chi connectivity index (χ4v) is 4.35. The Labute approximate surface area is 261 Å². The summed E-state index contributed by atoms with van der Waals surface area (Å²) in [5.74, 6) is -4.12. The molecule has 2 aromatic carbocycles. The molecule has 3 rings (SSSR count). The molecule has 0 aliphatic rings. The van der Waals surface area contributed by atoms with Crippen LogP contribution in [0.4, 0.5) is 4.79 Å². The fraction of sp³-hybridized carbons (Fsp3) is 0.394. The molecule has 0 unspecified atom stereocenters. The van der Waals surface area contributed by atoms with Gasteiger partial charge >= 0.3 is 18.0 Å². The predicted molar refractivity (Wildman–Crippen MR) is 166 cm³/mol. The number of pyridine rings is 1. The Morgan fingerprint density at radius 3 is 2.11 bits per heavy atom. The molecular formula is C33H40N4O8. The van der Waals surface area contributed by atoms with Gasteiger partial charge in [-0.3, -0.25) is 19.4 Å². The Balaban J connectivity index is 1.85. The van der Waals surface area contributed by atoms with Gasteiger partial charge in [-0.05, 0) is 44.4 Å². The minimum atomic E-state index is -1.48. The number of alkyl carbamates (subject to hydrolysis) is 1. The number of benzene rings is 2. The number of ether oxygens (including phenoxy) is 2. The largest absolute Gasteiger partial charge is 0.480 e. The number of hydrogen-bond donors (Lipinski definition) is 4. The maximum Gasteiger partial charge on any atom is 0.408 e. The molecule has 3 amide bonds. The van der Waals surface area contributed by atoms with Crippen LogP contribution in [0.15, 0.2) is 66.7 Å². The highest BCUT2D eigenvalue weighted by atomic mass is 16.6. The van der Waals surface area contributed by atoms with Crippen molar-refractivity contribution in [3.63, 3.8) is 0 Å². The van der Waals surface area contributed by atoms with Crippen molar-refractivity contribution in [3.8, 4) is 0 Å². The Morgan fingerprint density at radius 1 is 0.822 bits per heavy atom. The number of carboxylic acids is 1. The van der Waals surface area contributed by atoms with Gasteiger partial charge in [0.05, 0.1) is 11.9 Å². The molecule has 0 bridgehead atoms. The van der Waals surface area contributed by atoms with Gasteiger partial charge in [-0.2, -0.15) is 0 Å². The maximum absolute atomic E-state index is 13.6. The standard InChI is InChI=1S/C33H40N4O8/c1-20(2)28(31(41)42)37-30(40)25(17-23-16-15-22-13-9-10-14-24(22)34-23)35-29(39)26(18-27(38)45-33(3,4)5)36-32(43)44-19-21-11-7-6-8-12-21/h6-16,20,25-26,28H,17-19H2,1-5H3,(H,35,39)(H,36,43)(H,37,40)(H,41,42)/t25-,26-,28+/m0/s1. The van der Waals surface area contributed by atoms with Crippen molar-refractivity contribution in [3.05, 3.63) is 78.0 Å². The summed E-state index contributed by atoms with van der Waals surface area (Å²) < 4.78 is 10.6. The number of nitrogens with zero attached hydrogens (tertiary/aromatic N) is 1. The zero-order valence-corrected chi connectivity index (χ0v) is 26.0. The van der Waals surface area contributed by atoms with E-state index in [0.29, 0.717) is 16.8 Å². The molecule has 0 fully saturated rings. The second-order valence-electron chi connectivity index (χ2n) is 11.9. The number of fused-ring (bicyclic) bond motifs is 1. The zero-order chi connectivity index (χ0) is 33.1. The molecule has 0 aliphatic carbocycles. The van der Waals surface area contributed by atoms with Gasteiger partial charge in [-0.15, -0.1) is 0 Å². The van der Waals surface area contributed by atoms with Crippen LogP contribution < -0.4 is 16.0 Å². The number of carbonyl (C=O) groups excluding carboxylic acids is 4. The van der Waals surface area contributed by atoms with E-state index in [-0.39, 0.29) is 13.0 Å².